The molecule has 1 atom stereocenters. The van der Waals surface area contributed by atoms with Gasteiger partial charge in [-0.3, -0.25) is 9.52 Å². The zero-order valence-electron chi connectivity index (χ0n) is 17.2. The summed E-state index contributed by atoms with van der Waals surface area (Å²) in [6.45, 7) is 0.576. The van der Waals surface area contributed by atoms with Gasteiger partial charge in [0, 0.05) is 29.6 Å². The molecule has 0 spiro atoms. The third-order valence-corrected chi connectivity index (χ3v) is 6.98. The van der Waals surface area contributed by atoms with Crippen LogP contribution in [-0.4, -0.2) is 27.1 Å². The average Bonchev–Trinajstić information content (AvgIpc) is 2.76. The van der Waals surface area contributed by atoms with Crippen LogP contribution in [0.15, 0.2) is 72.8 Å². The molecule has 0 aromatic heterocycles. The number of hydrogen-bond acceptors (Lipinski definition) is 3. The molecule has 3 aliphatic rings. The Hall–Kier alpha value is -3.12. The van der Waals surface area contributed by atoms with Gasteiger partial charge in [0.15, 0.2) is 0 Å². The van der Waals surface area contributed by atoms with E-state index in [9.17, 15) is 13.2 Å². The molecular formula is C25H24N2O3S. The van der Waals surface area contributed by atoms with Crippen molar-refractivity contribution in [3.05, 3.63) is 101 Å². The van der Waals surface area contributed by atoms with Crippen LogP contribution in [-0.2, 0) is 10.0 Å². The highest BCUT2D eigenvalue weighted by Crippen LogP contribution is 2.55. The van der Waals surface area contributed by atoms with Crippen LogP contribution in [0, 0.1) is 5.92 Å². The molecule has 0 saturated carbocycles. The van der Waals surface area contributed by atoms with Crippen LogP contribution in [0.4, 0.5) is 5.69 Å². The maximum Gasteiger partial charge on any atom is 0.251 e. The first kappa shape index (κ1) is 19.8. The molecule has 3 aromatic rings. The summed E-state index contributed by atoms with van der Waals surface area (Å²) in [5, 5.41) is 3.09. The Bertz CT molecular complexity index is 1220. The van der Waals surface area contributed by atoms with E-state index < -0.39 is 10.0 Å². The number of hydrogen-bond donors (Lipinski definition) is 2. The predicted octanol–water partition coefficient (Wildman–Crippen LogP) is 4.09. The quantitative estimate of drug-likeness (QED) is 0.638. The molecule has 0 fully saturated rings. The second-order valence-electron chi connectivity index (χ2n) is 8.45. The molecule has 3 aromatic carbocycles. The Morgan fingerprint density at radius 2 is 1.52 bits per heavy atom. The van der Waals surface area contributed by atoms with Crippen molar-refractivity contribution in [3.63, 3.8) is 0 Å². The van der Waals surface area contributed by atoms with Crippen LogP contribution in [0.3, 0.4) is 0 Å². The maximum absolute atomic E-state index is 12.8. The van der Waals surface area contributed by atoms with Gasteiger partial charge in [-0.15, -0.1) is 0 Å². The molecule has 2 bridgehead atoms. The molecule has 1 amide bonds. The van der Waals surface area contributed by atoms with Gasteiger partial charge in [-0.05, 0) is 52.8 Å². The van der Waals surface area contributed by atoms with E-state index >= 15 is 0 Å². The van der Waals surface area contributed by atoms with E-state index in [0.717, 1.165) is 12.7 Å². The number of carbonyl (C=O) groups is 1. The first-order valence-corrected chi connectivity index (χ1v) is 12.3. The standard InChI is InChI=1S/C25H24N2O3S/c1-31(29,30)27-18-8-6-7-16(13-18)25(28)26-15-17-14-23-19-9-2-4-11-21(19)24(17)22-12-5-3-10-20(22)23/h2-13,17,23-24,27H,14-15H2,1H3,(H,26,28)/t17-,23?,24?/m1/s1. The van der Waals surface area contributed by atoms with Gasteiger partial charge in [-0.1, -0.05) is 54.6 Å². The van der Waals surface area contributed by atoms with Gasteiger partial charge < -0.3 is 5.32 Å². The normalized spacial score (nSPS) is 21.1. The van der Waals surface area contributed by atoms with Gasteiger partial charge in [0.2, 0.25) is 10.0 Å². The van der Waals surface area contributed by atoms with E-state index in [1.807, 2.05) is 0 Å². The third kappa shape index (κ3) is 3.72. The van der Waals surface area contributed by atoms with Crippen molar-refractivity contribution in [2.45, 2.75) is 18.3 Å². The lowest BCUT2D eigenvalue weighted by molar-refractivity contribution is 0.0943. The van der Waals surface area contributed by atoms with Gasteiger partial charge in [-0.2, -0.15) is 0 Å². The highest BCUT2D eigenvalue weighted by atomic mass is 32.2. The van der Waals surface area contributed by atoms with E-state index in [-0.39, 0.29) is 11.8 Å². The summed E-state index contributed by atoms with van der Waals surface area (Å²) >= 11 is 0. The molecule has 6 rings (SSSR count). The summed E-state index contributed by atoms with van der Waals surface area (Å²) in [4.78, 5) is 12.8. The minimum absolute atomic E-state index is 0.194. The number of benzene rings is 3. The second-order valence-corrected chi connectivity index (χ2v) is 10.2. The molecule has 31 heavy (non-hydrogen) atoms. The number of amides is 1. The second kappa shape index (κ2) is 7.54. The predicted molar refractivity (Wildman–Crippen MR) is 122 cm³/mol. The van der Waals surface area contributed by atoms with Crippen molar-refractivity contribution < 1.29 is 13.2 Å². The van der Waals surface area contributed by atoms with E-state index in [1.54, 1.807) is 24.3 Å². The Labute approximate surface area is 182 Å². The highest BCUT2D eigenvalue weighted by molar-refractivity contribution is 7.92. The van der Waals surface area contributed by atoms with Crippen molar-refractivity contribution >= 4 is 21.6 Å². The SMILES string of the molecule is CS(=O)(=O)Nc1cccc(C(=O)NC[C@H]2CC3c4ccccc4C2c2ccccc23)c1. The van der Waals surface area contributed by atoms with Crippen molar-refractivity contribution in [2.75, 3.05) is 17.5 Å². The number of fused-ring (bicyclic) bond motifs is 1. The number of rotatable bonds is 5. The molecule has 5 nitrogen and oxygen atoms in total. The van der Waals surface area contributed by atoms with Gasteiger partial charge in [-0.25, -0.2) is 8.42 Å². The molecule has 0 radical (unpaired) electrons. The van der Waals surface area contributed by atoms with Crippen molar-refractivity contribution in [1.29, 1.82) is 0 Å². The third-order valence-electron chi connectivity index (χ3n) is 6.38. The van der Waals surface area contributed by atoms with Gasteiger partial charge in [0.1, 0.15) is 0 Å². The van der Waals surface area contributed by atoms with E-state index in [2.05, 4.69) is 58.6 Å². The minimum atomic E-state index is -3.39. The van der Waals surface area contributed by atoms with Crippen LogP contribution in [0.2, 0.25) is 0 Å². The van der Waals surface area contributed by atoms with Crippen molar-refractivity contribution in [1.82, 2.24) is 5.32 Å². The summed E-state index contributed by atoms with van der Waals surface area (Å²) in [6.07, 6.45) is 2.10. The largest absolute Gasteiger partial charge is 0.352 e. The molecule has 0 heterocycles. The zero-order chi connectivity index (χ0) is 21.6. The summed E-state index contributed by atoms with van der Waals surface area (Å²) in [6, 6.07) is 23.9. The van der Waals surface area contributed by atoms with Crippen molar-refractivity contribution in [3.8, 4) is 0 Å². The topological polar surface area (TPSA) is 75.3 Å². The lowest BCUT2D eigenvalue weighted by Gasteiger charge is -2.45. The van der Waals surface area contributed by atoms with Crippen LogP contribution in [0.25, 0.3) is 0 Å². The fourth-order valence-electron chi connectivity index (χ4n) is 5.22. The van der Waals surface area contributed by atoms with Gasteiger partial charge in [0.05, 0.1) is 6.26 Å². The van der Waals surface area contributed by atoms with Crippen LogP contribution in [0.1, 0.15) is 50.9 Å². The lowest BCUT2D eigenvalue weighted by atomic mass is 9.59. The first-order chi connectivity index (χ1) is 14.9. The van der Waals surface area contributed by atoms with Crippen LogP contribution >= 0.6 is 0 Å². The Morgan fingerprint density at radius 3 is 2.13 bits per heavy atom. The molecule has 0 aliphatic heterocycles. The lowest BCUT2D eigenvalue weighted by Crippen LogP contribution is -2.39. The first-order valence-electron chi connectivity index (χ1n) is 10.4. The minimum Gasteiger partial charge on any atom is -0.352 e. The Balaban J connectivity index is 1.36. The van der Waals surface area contributed by atoms with E-state index in [0.29, 0.717) is 29.6 Å². The average molecular weight is 433 g/mol. The van der Waals surface area contributed by atoms with Crippen LogP contribution in [0.5, 0.6) is 0 Å². The monoisotopic (exact) mass is 432 g/mol. The highest BCUT2D eigenvalue weighted by Gasteiger charge is 2.42. The van der Waals surface area contributed by atoms with Gasteiger partial charge >= 0.3 is 0 Å². The zero-order valence-corrected chi connectivity index (χ0v) is 18.0. The molecule has 6 heteroatoms. The summed E-state index contributed by atoms with van der Waals surface area (Å²) in [5.41, 5.74) is 6.39. The maximum atomic E-state index is 12.8. The smallest absolute Gasteiger partial charge is 0.251 e. The molecular weight excluding hydrogens is 408 g/mol. The van der Waals surface area contributed by atoms with Crippen LogP contribution < -0.4 is 10.0 Å². The van der Waals surface area contributed by atoms with E-state index in [1.165, 1.54) is 22.3 Å². The summed E-state index contributed by atoms with van der Waals surface area (Å²) in [7, 11) is -3.39. The van der Waals surface area contributed by atoms with Crippen molar-refractivity contribution in [2.24, 2.45) is 5.92 Å². The number of anilines is 1. The molecule has 3 aliphatic carbocycles. The Morgan fingerprint density at radius 1 is 0.903 bits per heavy atom. The number of carbonyl (C=O) groups excluding carboxylic acids is 1. The molecule has 0 saturated heterocycles. The summed E-state index contributed by atoms with van der Waals surface area (Å²) < 4.78 is 25.4. The van der Waals surface area contributed by atoms with E-state index in [4.69, 9.17) is 0 Å². The molecule has 0 unspecified atom stereocenters. The number of nitrogens with one attached hydrogen (secondary N) is 2. The Kier molecular flexibility index (Phi) is 4.82. The summed E-state index contributed by atoms with van der Waals surface area (Å²) in [5.74, 6) is 0.758. The van der Waals surface area contributed by atoms with Gasteiger partial charge in [0.25, 0.3) is 5.91 Å². The molecule has 158 valence electrons. The number of sulfonamides is 1. The fraction of sp³-hybridized carbons (Fsp3) is 0.240. The fourth-order valence-corrected chi connectivity index (χ4v) is 5.78. The molecule has 2 N–H and O–H groups in total.